The number of hydrogen-bond acceptors (Lipinski definition) is 3. The molecular weight excluding hydrogens is 314 g/mol. The largest absolute Gasteiger partial charge is 0.490 e. The summed E-state index contributed by atoms with van der Waals surface area (Å²) >= 11 is 8.42. The van der Waals surface area contributed by atoms with Gasteiger partial charge in [-0.25, -0.2) is 0 Å². The first-order chi connectivity index (χ1) is 8.66. The van der Waals surface area contributed by atoms with Crippen molar-refractivity contribution in [3.8, 4) is 5.75 Å². The Balaban J connectivity index is 2.01. The van der Waals surface area contributed by atoms with Crippen LogP contribution in [0.25, 0.3) is 0 Å². The molecule has 1 aliphatic heterocycles. The van der Waals surface area contributed by atoms with E-state index in [1.807, 2.05) is 18.2 Å². The summed E-state index contributed by atoms with van der Waals surface area (Å²) in [7, 11) is 0. The monoisotopic (exact) mass is 329 g/mol. The molecule has 1 unspecified atom stereocenters. The quantitative estimate of drug-likeness (QED) is 0.862. The highest BCUT2D eigenvalue weighted by Crippen LogP contribution is 2.24. The van der Waals surface area contributed by atoms with Crippen LogP contribution in [0.3, 0.4) is 0 Å². The summed E-state index contributed by atoms with van der Waals surface area (Å²) in [6, 6.07) is 5.67. The molecule has 1 aliphatic rings. The van der Waals surface area contributed by atoms with Crippen LogP contribution >= 0.6 is 28.1 Å². The van der Waals surface area contributed by atoms with Gasteiger partial charge >= 0.3 is 0 Å². The normalized spacial score (nSPS) is 19.5. The van der Waals surface area contributed by atoms with Crippen LogP contribution in [0.1, 0.15) is 24.8 Å². The van der Waals surface area contributed by atoms with Gasteiger partial charge < -0.3 is 15.2 Å². The van der Waals surface area contributed by atoms with Gasteiger partial charge in [-0.1, -0.05) is 28.1 Å². The SMILES string of the molecule is NC(=S)c1cc(Br)ccc1OCC1CCCCO1. The molecule has 98 valence electrons. The van der Waals surface area contributed by atoms with E-state index in [9.17, 15) is 0 Å². The van der Waals surface area contributed by atoms with Crippen molar-refractivity contribution in [1.29, 1.82) is 0 Å². The second kappa shape index (κ2) is 6.50. The lowest BCUT2D eigenvalue weighted by Crippen LogP contribution is -2.26. The Morgan fingerprint density at radius 2 is 2.33 bits per heavy atom. The van der Waals surface area contributed by atoms with Gasteiger partial charge in [-0.3, -0.25) is 0 Å². The lowest BCUT2D eigenvalue weighted by molar-refractivity contribution is -0.0111. The number of nitrogens with two attached hydrogens (primary N) is 1. The molecule has 0 aliphatic carbocycles. The third-order valence-corrected chi connectivity index (χ3v) is 3.62. The second-order valence-electron chi connectivity index (χ2n) is 4.30. The van der Waals surface area contributed by atoms with Crippen molar-refractivity contribution in [1.82, 2.24) is 0 Å². The Morgan fingerprint density at radius 3 is 3.00 bits per heavy atom. The summed E-state index contributed by atoms with van der Waals surface area (Å²) in [5, 5.41) is 0. The summed E-state index contributed by atoms with van der Waals surface area (Å²) in [6.07, 6.45) is 3.59. The highest BCUT2D eigenvalue weighted by molar-refractivity contribution is 9.10. The third-order valence-electron chi connectivity index (χ3n) is 2.91. The molecule has 2 N–H and O–H groups in total. The minimum atomic E-state index is 0.182. The van der Waals surface area contributed by atoms with Gasteiger partial charge in [-0.2, -0.15) is 0 Å². The molecule has 0 amide bonds. The minimum Gasteiger partial charge on any atom is -0.490 e. The van der Waals surface area contributed by atoms with E-state index in [0.717, 1.165) is 35.2 Å². The zero-order valence-electron chi connectivity index (χ0n) is 10.0. The highest BCUT2D eigenvalue weighted by Gasteiger charge is 2.15. The van der Waals surface area contributed by atoms with Gasteiger partial charge in [0.2, 0.25) is 0 Å². The lowest BCUT2D eigenvalue weighted by atomic mass is 10.1. The Labute approximate surface area is 121 Å². The maximum Gasteiger partial charge on any atom is 0.129 e. The molecule has 0 aromatic heterocycles. The summed E-state index contributed by atoms with van der Waals surface area (Å²) < 4.78 is 12.3. The first-order valence-electron chi connectivity index (χ1n) is 6.00. The van der Waals surface area contributed by atoms with Crippen molar-refractivity contribution in [2.24, 2.45) is 5.73 Å². The zero-order valence-corrected chi connectivity index (χ0v) is 12.4. The van der Waals surface area contributed by atoms with Crippen LogP contribution in [0.4, 0.5) is 0 Å². The van der Waals surface area contributed by atoms with E-state index < -0.39 is 0 Å². The molecule has 0 bridgehead atoms. The van der Waals surface area contributed by atoms with Gasteiger partial charge in [0.1, 0.15) is 17.3 Å². The van der Waals surface area contributed by atoms with Crippen molar-refractivity contribution in [3.05, 3.63) is 28.2 Å². The smallest absolute Gasteiger partial charge is 0.129 e. The van der Waals surface area contributed by atoms with Gasteiger partial charge in [0, 0.05) is 11.1 Å². The van der Waals surface area contributed by atoms with Crippen LogP contribution in [-0.4, -0.2) is 24.3 Å². The van der Waals surface area contributed by atoms with Crippen LogP contribution in [0.15, 0.2) is 22.7 Å². The van der Waals surface area contributed by atoms with Crippen molar-refractivity contribution in [2.45, 2.75) is 25.4 Å². The van der Waals surface area contributed by atoms with E-state index in [-0.39, 0.29) is 6.10 Å². The first kappa shape index (κ1) is 13.8. The Bertz CT molecular complexity index is 433. The van der Waals surface area contributed by atoms with Crippen LogP contribution in [0.5, 0.6) is 5.75 Å². The van der Waals surface area contributed by atoms with Crippen molar-refractivity contribution in [2.75, 3.05) is 13.2 Å². The van der Waals surface area contributed by atoms with Crippen LogP contribution in [-0.2, 0) is 4.74 Å². The molecule has 1 aromatic carbocycles. The number of halogens is 1. The molecule has 3 nitrogen and oxygen atoms in total. The third kappa shape index (κ3) is 3.67. The summed E-state index contributed by atoms with van der Waals surface area (Å²) in [5.74, 6) is 0.722. The maximum atomic E-state index is 5.78. The summed E-state index contributed by atoms with van der Waals surface area (Å²) in [4.78, 5) is 0.343. The van der Waals surface area contributed by atoms with Gasteiger partial charge in [-0.15, -0.1) is 0 Å². The maximum absolute atomic E-state index is 5.78. The number of hydrogen-bond donors (Lipinski definition) is 1. The minimum absolute atomic E-state index is 0.182. The van der Waals surface area contributed by atoms with E-state index >= 15 is 0 Å². The number of benzene rings is 1. The lowest BCUT2D eigenvalue weighted by Gasteiger charge is -2.23. The Hall–Kier alpha value is -0.650. The fourth-order valence-corrected chi connectivity index (χ4v) is 2.46. The topological polar surface area (TPSA) is 44.5 Å². The van der Waals surface area contributed by atoms with Crippen LogP contribution < -0.4 is 10.5 Å². The average molecular weight is 330 g/mol. The predicted molar refractivity (Wildman–Crippen MR) is 79.1 cm³/mol. The number of thiocarbonyl (C=S) groups is 1. The molecule has 18 heavy (non-hydrogen) atoms. The molecular formula is C13H16BrNO2S. The molecule has 0 spiro atoms. The fourth-order valence-electron chi connectivity index (χ4n) is 1.94. The summed E-state index contributed by atoms with van der Waals surface area (Å²) in [6.45, 7) is 1.38. The molecule has 2 rings (SSSR count). The molecule has 0 radical (unpaired) electrons. The van der Waals surface area contributed by atoms with Crippen molar-refractivity contribution in [3.63, 3.8) is 0 Å². The van der Waals surface area contributed by atoms with E-state index in [2.05, 4.69) is 15.9 Å². The van der Waals surface area contributed by atoms with Crippen LogP contribution in [0, 0.1) is 0 Å². The average Bonchev–Trinajstić information content (AvgIpc) is 2.38. The van der Waals surface area contributed by atoms with Gasteiger partial charge in [0.25, 0.3) is 0 Å². The number of ether oxygens (including phenoxy) is 2. The second-order valence-corrected chi connectivity index (χ2v) is 5.66. The van der Waals surface area contributed by atoms with Gasteiger partial charge in [0.15, 0.2) is 0 Å². The first-order valence-corrected chi connectivity index (χ1v) is 7.20. The fraction of sp³-hybridized carbons (Fsp3) is 0.462. The highest BCUT2D eigenvalue weighted by atomic mass is 79.9. The molecule has 0 saturated carbocycles. The van der Waals surface area contributed by atoms with E-state index in [1.165, 1.54) is 6.42 Å². The van der Waals surface area contributed by atoms with E-state index in [4.69, 9.17) is 27.4 Å². The molecule has 1 atom stereocenters. The van der Waals surface area contributed by atoms with Gasteiger partial charge in [-0.05, 0) is 37.5 Å². The van der Waals surface area contributed by atoms with Crippen molar-refractivity contribution >= 4 is 33.1 Å². The molecule has 1 fully saturated rings. The van der Waals surface area contributed by atoms with E-state index in [1.54, 1.807) is 0 Å². The Kier molecular flexibility index (Phi) is 4.97. The summed E-state index contributed by atoms with van der Waals surface area (Å²) in [5.41, 5.74) is 6.45. The standard InChI is InChI=1S/C13H16BrNO2S/c14-9-4-5-12(11(7-9)13(15)18)17-8-10-3-1-2-6-16-10/h4-5,7,10H,1-3,6,8H2,(H2,15,18). The molecule has 1 heterocycles. The van der Waals surface area contributed by atoms with Gasteiger partial charge in [0.05, 0.1) is 11.7 Å². The molecule has 1 saturated heterocycles. The van der Waals surface area contributed by atoms with E-state index in [0.29, 0.717) is 11.6 Å². The number of rotatable bonds is 4. The van der Waals surface area contributed by atoms with Crippen LogP contribution in [0.2, 0.25) is 0 Å². The zero-order chi connectivity index (χ0) is 13.0. The van der Waals surface area contributed by atoms with Crippen molar-refractivity contribution < 1.29 is 9.47 Å². The predicted octanol–water partition coefficient (Wildman–Crippen LogP) is 3.03. The Morgan fingerprint density at radius 1 is 1.50 bits per heavy atom. The molecule has 1 aromatic rings. The molecule has 5 heteroatoms.